The van der Waals surface area contributed by atoms with Gasteiger partial charge in [0.2, 0.25) is 11.8 Å². The number of hydrogen-bond donors (Lipinski definition) is 1. The van der Waals surface area contributed by atoms with Crippen LogP contribution in [0.15, 0.2) is 48.5 Å². The highest BCUT2D eigenvalue weighted by Gasteiger charge is 2.35. The Morgan fingerprint density at radius 1 is 1.30 bits per heavy atom. The third-order valence-corrected chi connectivity index (χ3v) is 5.65. The first kappa shape index (κ1) is 17.5. The lowest BCUT2D eigenvalue weighted by Gasteiger charge is -2.17. The Balaban J connectivity index is 1.40. The van der Waals surface area contributed by atoms with Gasteiger partial charge in [0.1, 0.15) is 10.8 Å². The molecule has 6 nitrogen and oxygen atoms in total. The average Bonchev–Trinajstić information content (AvgIpc) is 3.29. The maximum Gasteiger partial charge on any atom is 0.227 e. The van der Waals surface area contributed by atoms with E-state index in [1.54, 1.807) is 29.4 Å². The van der Waals surface area contributed by atoms with Crippen molar-refractivity contribution in [2.75, 3.05) is 18.6 Å². The molecule has 0 bridgehead atoms. The molecule has 27 heavy (non-hydrogen) atoms. The number of carbonyl (C=O) groups excluding carboxylic acids is 2. The fourth-order valence-corrected chi connectivity index (χ4v) is 4.12. The molecule has 0 spiro atoms. The third-order valence-electron chi connectivity index (χ3n) is 4.61. The van der Waals surface area contributed by atoms with Crippen LogP contribution in [0.3, 0.4) is 0 Å². The molecule has 7 heteroatoms. The van der Waals surface area contributed by atoms with Gasteiger partial charge in [0, 0.05) is 24.7 Å². The summed E-state index contributed by atoms with van der Waals surface area (Å²) in [6.07, 6.45) is 0.211. The van der Waals surface area contributed by atoms with Crippen LogP contribution in [0.2, 0.25) is 0 Å². The number of nitrogens with one attached hydrogen (secondary N) is 1. The van der Waals surface area contributed by atoms with Crippen LogP contribution in [0.5, 0.6) is 5.75 Å². The van der Waals surface area contributed by atoms with Crippen LogP contribution in [0.4, 0.5) is 5.69 Å². The van der Waals surface area contributed by atoms with Crippen molar-refractivity contribution >= 4 is 39.1 Å². The van der Waals surface area contributed by atoms with Crippen LogP contribution in [-0.4, -0.2) is 30.5 Å². The quantitative estimate of drug-likeness (QED) is 0.738. The van der Waals surface area contributed by atoms with E-state index in [0.29, 0.717) is 18.8 Å². The second kappa shape index (κ2) is 7.36. The second-order valence-corrected chi connectivity index (χ2v) is 7.52. The molecule has 3 aromatic rings. The van der Waals surface area contributed by atoms with Crippen molar-refractivity contribution in [1.82, 2.24) is 10.3 Å². The van der Waals surface area contributed by atoms with Crippen LogP contribution >= 0.6 is 11.3 Å². The Labute approximate surface area is 160 Å². The first-order valence-corrected chi connectivity index (χ1v) is 9.52. The average molecular weight is 381 g/mol. The maximum absolute atomic E-state index is 12.5. The summed E-state index contributed by atoms with van der Waals surface area (Å²) in [5.41, 5.74) is 1.69. The minimum Gasteiger partial charge on any atom is -0.497 e. The molecule has 1 aromatic heterocycles. The van der Waals surface area contributed by atoms with E-state index in [2.05, 4.69) is 10.3 Å². The first-order chi connectivity index (χ1) is 13.1. The van der Waals surface area contributed by atoms with Crippen LogP contribution in [0, 0.1) is 5.92 Å². The number of methoxy groups -OCH3 is 1. The highest BCUT2D eigenvalue weighted by Crippen LogP contribution is 2.28. The molecule has 1 fully saturated rings. The molecule has 1 aliphatic heterocycles. The van der Waals surface area contributed by atoms with Gasteiger partial charge >= 0.3 is 0 Å². The van der Waals surface area contributed by atoms with Gasteiger partial charge in [-0.2, -0.15) is 0 Å². The SMILES string of the molecule is COc1cccc(N2CC(C(=O)NCc3nc4ccccc4s3)CC2=O)c1. The lowest BCUT2D eigenvalue weighted by atomic mass is 10.1. The van der Waals surface area contributed by atoms with Crippen molar-refractivity contribution in [2.45, 2.75) is 13.0 Å². The molecule has 2 amide bonds. The predicted molar refractivity (Wildman–Crippen MR) is 105 cm³/mol. The number of para-hydroxylation sites is 1. The summed E-state index contributed by atoms with van der Waals surface area (Å²) >= 11 is 1.57. The molecule has 0 saturated carbocycles. The molecule has 4 rings (SSSR count). The van der Waals surface area contributed by atoms with Crippen molar-refractivity contribution in [2.24, 2.45) is 5.92 Å². The summed E-state index contributed by atoms with van der Waals surface area (Å²) in [4.78, 5) is 31.1. The van der Waals surface area contributed by atoms with E-state index >= 15 is 0 Å². The molecule has 1 unspecified atom stereocenters. The van der Waals surface area contributed by atoms with Crippen molar-refractivity contribution < 1.29 is 14.3 Å². The van der Waals surface area contributed by atoms with Gasteiger partial charge in [0.15, 0.2) is 0 Å². The van der Waals surface area contributed by atoms with Crippen LogP contribution in [-0.2, 0) is 16.1 Å². The largest absolute Gasteiger partial charge is 0.497 e. The Bertz CT molecular complexity index is 968. The molecule has 0 radical (unpaired) electrons. The number of nitrogens with zero attached hydrogens (tertiary/aromatic N) is 2. The highest BCUT2D eigenvalue weighted by molar-refractivity contribution is 7.18. The number of fused-ring (bicyclic) bond motifs is 1. The van der Waals surface area contributed by atoms with Gasteiger partial charge < -0.3 is 15.0 Å². The van der Waals surface area contributed by atoms with E-state index in [9.17, 15) is 9.59 Å². The molecule has 1 saturated heterocycles. The molecule has 138 valence electrons. The monoisotopic (exact) mass is 381 g/mol. The lowest BCUT2D eigenvalue weighted by molar-refractivity contribution is -0.126. The molecular weight excluding hydrogens is 362 g/mol. The number of aromatic nitrogens is 1. The van der Waals surface area contributed by atoms with Gasteiger partial charge in [-0.1, -0.05) is 18.2 Å². The maximum atomic E-state index is 12.5. The molecular formula is C20H19N3O3S. The van der Waals surface area contributed by atoms with Crippen LogP contribution in [0.1, 0.15) is 11.4 Å². The second-order valence-electron chi connectivity index (χ2n) is 6.40. The normalized spacial score (nSPS) is 16.7. The minimum absolute atomic E-state index is 0.0524. The molecule has 1 aliphatic rings. The van der Waals surface area contributed by atoms with E-state index in [4.69, 9.17) is 4.74 Å². The summed E-state index contributed by atoms with van der Waals surface area (Å²) in [5.74, 6) is 0.151. The number of hydrogen-bond acceptors (Lipinski definition) is 5. The first-order valence-electron chi connectivity index (χ1n) is 8.70. The van der Waals surface area contributed by atoms with Crippen molar-refractivity contribution in [1.29, 1.82) is 0 Å². The van der Waals surface area contributed by atoms with E-state index in [-0.39, 0.29) is 24.2 Å². The summed E-state index contributed by atoms with van der Waals surface area (Å²) in [6, 6.07) is 15.2. The lowest BCUT2D eigenvalue weighted by Crippen LogP contribution is -2.32. The zero-order chi connectivity index (χ0) is 18.8. The number of rotatable bonds is 5. The van der Waals surface area contributed by atoms with E-state index < -0.39 is 0 Å². The molecule has 1 atom stereocenters. The number of anilines is 1. The van der Waals surface area contributed by atoms with Gasteiger partial charge in [-0.3, -0.25) is 9.59 Å². The number of ether oxygens (including phenoxy) is 1. The standard InChI is InChI=1S/C20H19N3O3S/c1-26-15-6-4-5-14(10-15)23-12-13(9-19(23)24)20(25)21-11-18-22-16-7-2-3-8-17(16)27-18/h2-8,10,13H,9,11-12H2,1H3,(H,21,25). The van der Waals surface area contributed by atoms with Crippen molar-refractivity contribution in [3.8, 4) is 5.75 Å². The summed E-state index contributed by atoms with van der Waals surface area (Å²) in [5, 5.41) is 3.78. The Morgan fingerprint density at radius 3 is 2.96 bits per heavy atom. The van der Waals surface area contributed by atoms with Gasteiger partial charge in [-0.05, 0) is 24.3 Å². The summed E-state index contributed by atoms with van der Waals surface area (Å²) < 4.78 is 6.31. The smallest absolute Gasteiger partial charge is 0.227 e. The van der Waals surface area contributed by atoms with Gasteiger partial charge in [-0.15, -0.1) is 11.3 Å². The Hall–Kier alpha value is -2.93. The zero-order valence-corrected chi connectivity index (χ0v) is 15.7. The van der Waals surface area contributed by atoms with E-state index in [1.165, 1.54) is 0 Å². The van der Waals surface area contributed by atoms with Gasteiger partial charge in [-0.25, -0.2) is 4.98 Å². The van der Waals surface area contributed by atoms with Crippen LogP contribution in [0.25, 0.3) is 10.2 Å². The molecule has 2 aromatic carbocycles. The topological polar surface area (TPSA) is 71.5 Å². The van der Waals surface area contributed by atoms with Gasteiger partial charge in [0.25, 0.3) is 0 Å². The van der Waals surface area contributed by atoms with E-state index in [1.807, 2.05) is 42.5 Å². The zero-order valence-electron chi connectivity index (χ0n) is 14.8. The fourth-order valence-electron chi connectivity index (χ4n) is 3.21. The molecule has 2 heterocycles. The van der Waals surface area contributed by atoms with Crippen molar-refractivity contribution in [3.63, 3.8) is 0 Å². The fraction of sp³-hybridized carbons (Fsp3) is 0.250. The Kier molecular flexibility index (Phi) is 4.77. The molecule has 0 aliphatic carbocycles. The summed E-state index contributed by atoms with van der Waals surface area (Å²) in [6.45, 7) is 0.750. The predicted octanol–water partition coefficient (Wildman–Crippen LogP) is 2.97. The molecule has 1 N–H and O–H groups in total. The number of benzene rings is 2. The highest BCUT2D eigenvalue weighted by atomic mass is 32.1. The number of amides is 2. The van der Waals surface area contributed by atoms with Crippen molar-refractivity contribution in [3.05, 3.63) is 53.5 Å². The Morgan fingerprint density at radius 2 is 2.15 bits per heavy atom. The number of carbonyl (C=O) groups is 2. The minimum atomic E-state index is -0.363. The third kappa shape index (κ3) is 3.64. The van der Waals surface area contributed by atoms with E-state index in [0.717, 1.165) is 20.9 Å². The van der Waals surface area contributed by atoms with Gasteiger partial charge in [0.05, 0.1) is 29.8 Å². The summed E-state index contributed by atoms with van der Waals surface area (Å²) in [7, 11) is 1.59. The van der Waals surface area contributed by atoms with Crippen LogP contribution < -0.4 is 15.0 Å². The number of thiazole rings is 1.